The smallest absolute Gasteiger partial charge is 0.155 e. The van der Waals surface area contributed by atoms with Gasteiger partial charge in [0.2, 0.25) is 0 Å². The van der Waals surface area contributed by atoms with E-state index in [4.69, 9.17) is 11.6 Å². The van der Waals surface area contributed by atoms with Gasteiger partial charge in [-0.25, -0.2) is 8.42 Å². The number of hydrogen-bond acceptors (Lipinski definition) is 3. The molecule has 2 atom stereocenters. The molecule has 0 fully saturated rings. The van der Waals surface area contributed by atoms with Crippen molar-refractivity contribution in [1.82, 2.24) is 5.32 Å². The minimum atomic E-state index is -3.12. The van der Waals surface area contributed by atoms with Crippen molar-refractivity contribution in [2.75, 3.05) is 12.8 Å². The van der Waals surface area contributed by atoms with Crippen molar-refractivity contribution in [2.45, 2.75) is 32.1 Å². The van der Waals surface area contributed by atoms with E-state index in [0.29, 0.717) is 10.9 Å². The summed E-state index contributed by atoms with van der Waals surface area (Å²) < 4.78 is 24.4. The van der Waals surface area contributed by atoms with E-state index in [2.05, 4.69) is 19.2 Å². The number of hydrogen-bond donors (Lipinski definition) is 1. The van der Waals surface area contributed by atoms with Crippen molar-refractivity contribution in [1.29, 1.82) is 0 Å². The lowest BCUT2D eigenvalue weighted by Gasteiger charge is -2.22. The summed E-state index contributed by atoms with van der Waals surface area (Å²) in [5.74, 6) is 0.574. The zero-order chi connectivity index (χ0) is 14.5. The summed E-state index contributed by atoms with van der Waals surface area (Å²) >= 11 is 5.79. The number of halogens is 1. The summed E-state index contributed by atoms with van der Waals surface area (Å²) in [7, 11) is -1.31. The highest BCUT2D eigenvalue weighted by atomic mass is 35.5. The van der Waals surface area contributed by atoms with Gasteiger partial charge in [0.25, 0.3) is 0 Å². The SMILES string of the molecule is CCC(C)C(CS(=O)(=O)Cc1ccc(Cl)cc1)NC. The molecule has 5 heteroatoms. The Balaban J connectivity index is 2.73. The van der Waals surface area contributed by atoms with E-state index in [0.717, 1.165) is 12.0 Å². The fourth-order valence-electron chi connectivity index (χ4n) is 1.98. The summed E-state index contributed by atoms with van der Waals surface area (Å²) in [6, 6.07) is 6.96. The predicted molar refractivity (Wildman–Crippen MR) is 81.2 cm³/mol. The van der Waals surface area contributed by atoms with Gasteiger partial charge in [0.05, 0.1) is 11.5 Å². The molecule has 1 aromatic rings. The maximum absolute atomic E-state index is 12.2. The third kappa shape index (κ3) is 5.51. The molecule has 0 saturated heterocycles. The third-order valence-corrected chi connectivity index (χ3v) is 5.33. The fourth-order valence-corrected chi connectivity index (χ4v) is 3.97. The molecule has 0 aliphatic rings. The summed E-state index contributed by atoms with van der Waals surface area (Å²) in [6.45, 7) is 4.14. The second kappa shape index (κ2) is 7.27. The van der Waals surface area contributed by atoms with Gasteiger partial charge in [-0.1, -0.05) is 44.0 Å². The third-order valence-electron chi connectivity index (χ3n) is 3.43. The van der Waals surface area contributed by atoms with Crippen LogP contribution in [0.4, 0.5) is 0 Å². The molecule has 0 amide bonds. The minimum absolute atomic E-state index is 0.00213. The average Bonchev–Trinajstić information content (AvgIpc) is 2.37. The Morgan fingerprint density at radius 1 is 1.26 bits per heavy atom. The van der Waals surface area contributed by atoms with Crippen molar-refractivity contribution in [3.05, 3.63) is 34.9 Å². The van der Waals surface area contributed by atoms with Crippen LogP contribution in [0.15, 0.2) is 24.3 Å². The van der Waals surface area contributed by atoms with Crippen molar-refractivity contribution in [2.24, 2.45) is 5.92 Å². The van der Waals surface area contributed by atoms with E-state index in [1.54, 1.807) is 24.3 Å². The molecule has 3 nitrogen and oxygen atoms in total. The van der Waals surface area contributed by atoms with Gasteiger partial charge in [-0.05, 0) is 30.7 Å². The molecule has 0 saturated carbocycles. The first kappa shape index (κ1) is 16.5. The quantitative estimate of drug-likeness (QED) is 0.842. The van der Waals surface area contributed by atoms with E-state index >= 15 is 0 Å². The summed E-state index contributed by atoms with van der Waals surface area (Å²) in [5.41, 5.74) is 0.781. The average molecular weight is 304 g/mol. The highest BCUT2D eigenvalue weighted by Crippen LogP contribution is 2.15. The van der Waals surface area contributed by atoms with Crippen LogP contribution in [0.1, 0.15) is 25.8 Å². The highest BCUT2D eigenvalue weighted by Gasteiger charge is 2.22. The van der Waals surface area contributed by atoms with Crippen LogP contribution in [0.5, 0.6) is 0 Å². The van der Waals surface area contributed by atoms with Crippen molar-refractivity contribution in [3.63, 3.8) is 0 Å². The van der Waals surface area contributed by atoms with Gasteiger partial charge < -0.3 is 5.32 Å². The first-order valence-electron chi connectivity index (χ1n) is 6.50. The molecule has 1 rings (SSSR count). The van der Waals surface area contributed by atoms with Gasteiger partial charge in [-0.2, -0.15) is 0 Å². The first-order valence-corrected chi connectivity index (χ1v) is 8.70. The maximum atomic E-state index is 12.2. The Hall–Kier alpha value is -0.580. The second-order valence-corrected chi connectivity index (χ2v) is 7.51. The predicted octanol–water partition coefficient (Wildman–Crippen LogP) is 2.89. The molecule has 2 unspecified atom stereocenters. The molecule has 0 bridgehead atoms. The molecule has 0 aliphatic heterocycles. The van der Waals surface area contributed by atoms with Gasteiger partial charge in [-0.15, -0.1) is 0 Å². The van der Waals surface area contributed by atoms with Crippen LogP contribution in [-0.2, 0) is 15.6 Å². The van der Waals surface area contributed by atoms with E-state index in [1.807, 2.05) is 7.05 Å². The molecule has 1 N–H and O–H groups in total. The van der Waals surface area contributed by atoms with Crippen molar-refractivity contribution in [3.8, 4) is 0 Å². The van der Waals surface area contributed by atoms with Crippen LogP contribution >= 0.6 is 11.6 Å². The monoisotopic (exact) mass is 303 g/mol. The van der Waals surface area contributed by atoms with Gasteiger partial charge in [0.1, 0.15) is 0 Å². The van der Waals surface area contributed by atoms with Crippen LogP contribution in [-0.4, -0.2) is 27.3 Å². The van der Waals surface area contributed by atoms with Gasteiger partial charge in [-0.3, -0.25) is 0 Å². The van der Waals surface area contributed by atoms with E-state index in [-0.39, 0.29) is 17.5 Å². The van der Waals surface area contributed by atoms with Crippen molar-refractivity contribution < 1.29 is 8.42 Å². The van der Waals surface area contributed by atoms with Crippen LogP contribution < -0.4 is 5.32 Å². The van der Waals surface area contributed by atoms with Gasteiger partial charge in [0, 0.05) is 11.1 Å². The molecular weight excluding hydrogens is 282 g/mol. The zero-order valence-electron chi connectivity index (χ0n) is 11.7. The molecule has 108 valence electrons. The molecule has 19 heavy (non-hydrogen) atoms. The van der Waals surface area contributed by atoms with Gasteiger partial charge >= 0.3 is 0 Å². The Labute approximate surface area is 121 Å². The molecule has 0 heterocycles. The maximum Gasteiger partial charge on any atom is 0.155 e. The van der Waals surface area contributed by atoms with Gasteiger partial charge in [0.15, 0.2) is 9.84 Å². The standard InChI is InChI=1S/C14H22ClNO2S/c1-4-11(2)14(16-3)10-19(17,18)9-12-5-7-13(15)8-6-12/h5-8,11,14,16H,4,9-10H2,1-3H3. The summed E-state index contributed by atoms with van der Waals surface area (Å²) in [6.07, 6.45) is 0.960. The lowest BCUT2D eigenvalue weighted by Crippen LogP contribution is -2.38. The Morgan fingerprint density at radius 3 is 2.32 bits per heavy atom. The summed E-state index contributed by atoms with van der Waals surface area (Å²) in [4.78, 5) is 0. The van der Waals surface area contributed by atoms with E-state index in [1.165, 1.54) is 0 Å². The second-order valence-electron chi connectivity index (χ2n) is 4.96. The molecule has 1 aromatic carbocycles. The molecular formula is C14H22ClNO2S. The van der Waals surface area contributed by atoms with Crippen LogP contribution in [0.3, 0.4) is 0 Å². The largest absolute Gasteiger partial charge is 0.316 e. The number of nitrogens with one attached hydrogen (secondary N) is 1. The fraction of sp³-hybridized carbons (Fsp3) is 0.571. The van der Waals surface area contributed by atoms with Crippen LogP contribution in [0.25, 0.3) is 0 Å². The Morgan fingerprint density at radius 2 is 1.84 bits per heavy atom. The number of rotatable bonds is 7. The summed E-state index contributed by atoms with van der Waals surface area (Å²) in [5, 5.41) is 3.72. The highest BCUT2D eigenvalue weighted by molar-refractivity contribution is 7.90. The molecule has 0 radical (unpaired) electrons. The molecule has 0 aliphatic carbocycles. The zero-order valence-corrected chi connectivity index (χ0v) is 13.3. The van der Waals surface area contributed by atoms with E-state index < -0.39 is 9.84 Å². The normalized spacial score (nSPS) is 15.2. The number of benzene rings is 1. The van der Waals surface area contributed by atoms with E-state index in [9.17, 15) is 8.42 Å². The number of sulfone groups is 1. The Kier molecular flexibility index (Phi) is 6.30. The Bertz CT molecular complexity index is 485. The lowest BCUT2D eigenvalue weighted by molar-refractivity contribution is 0.413. The molecule has 0 aromatic heterocycles. The van der Waals surface area contributed by atoms with Crippen molar-refractivity contribution >= 4 is 21.4 Å². The van der Waals surface area contributed by atoms with Crippen LogP contribution in [0.2, 0.25) is 5.02 Å². The topological polar surface area (TPSA) is 46.2 Å². The lowest BCUT2D eigenvalue weighted by atomic mass is 10.0. The minimum Gasteiger partial charge on any atom is -0.316 e. The van der Waals surface area contributed by atoms with Crippen LogP contribution in [0, 0.1) is 5.92 Å². The first-order chi connectivity index (χ1) is 8.88. The molecule has 0 spiro atoms.